The van der Waals surface area contributed by atoms with E-state index in [-0.39, 0.29) is 24.9 Å². The molecule has 0 spiro atoms. The average molecular weight is 638 g/mol. The molecule has 1 aliphatic rings. The first-order chi connectivity index (χ1) is 20.5. The predicted octanol–water partition coefficient (Wildman–Crippen LogP) is 8.24. The number of piperidine rings is 1. The van der Waals surface area contributed by atoms with Crippen LogP contribution in [0.3, 0.4) is 0 Å². The van der Waals surface area contributed by atoms with E-state index in [9.17, 15) is 22.4 Å². The van der Waals surface area contributed by atoms with Gasteiger partial charge in [0.15, 0.2) is 0 Å². The molecule has 1 saturated heterocycles. The summed E-state index contributed by atoms with van der Waals surface area (Å²) in [5.74, 6) is -0.292. The van der Waals surface area contributed by atoms with Gasteiger partial charge in [-0.15, -0.1) is 0 Å². The lowest BCUT2D eigenvalue weighted by Crippen LogP contribution is -2.47. The van der Waals surface area contributed by atoms with Crippen molar-refractivity contribution in [2.75, 3.05) is 26.3 Å². The maximum absolute atomic E-state index is 13.8. The van der Waals surface area contributed by atoms with Crippen molar-refractivity contribution < 1.29 is 36.6 Å². The molecule has 2 aromatic carbocycles. The minimum Gasteiger partial charge on any atom is -0.491 e. The van der Waals surface area contributed by atoms with Crippen LogP contribution in [0.1, 0.15) is 51.2 Å². The standard InChI is InChI=1S/C32H43F4N3O4Si/c1-30(2,3)43-29(40)38-14-11-31(12-15-38,24-7-9-26(33)10-8-24)13-16-42-27-20-25(32(34,35)36)19-23-21-37-39(28(23)27)22-41-17-18-44(4,5)6/h7-10,19-21H,11-18,22H2,1-6H3. The fraction of sp³-hybridized carbons (Fsp3) is 0.562. The van der Waals surface area contributed by atoms with Gasteiger partial charge in [-0.05, 0) is 75.9 Å². The van der Waals surface area contributed by atoms with Gasteiger partial charge in [-0.2, -0.15) is 18.3 Å². The monoisotopic (exact) mass is 637 g/mol. The van der Waals surface area contributed by atoms with Gasteiger partial charge in [-0.1, -0.05) is 31.8 Å². The summed E-state index contributed by atoms with van der Waals surface area (Å²) in [6.45, 7) is 13.7. The fourth-order valence-corrected chi connectivity index (χ4v) is 6.14. The number of aromatic nitrogens is 2. The Morgan fingerprint density at radius 2 is 1.68 bits per heavy atom. The molecule has 7 nitrogen and oxygen atoms in total. The van der Waals surface area contributed by atoms with E-state index in [1.807, 2.05) is 20.8 Å². The molecule has 1 aliphatic heterocycles. The summed E-state index contributed by atoms with van der Waals surface area (Å²) in [6, 6.07) is 9.29. The number of hydrogen-bond acceptors (Lipinski definition) is 5. The van der Waals surface area contributed by atoms with Crippen LogP contribution in [0.25, 0.3) is 10.9 Å². The molecule has 2 heterocycles. The Morgan fingerprint density at radius 1 is 1.02 bits per heavy atom. The Bertz CT molecular complexity index is 1420. The average Bonchev–Trinajstić information content (AvgIpc) is 3.33. The van der Waals surface area contributed by atoms with E-state index in [1.54, 1.807) is 17.0 Å². The van der Waals surface area contributed by atoms with Crippen LogP contribution in [-0.2, 0) is 27.8 Å². The van der Waals surface area contributed by atoms with E-state index in [4.69, 9.17) is 14.2 Å². The van der Waals surface area contributed by atoms with E-state index in [0.717, 1.165) is 23.7 Å². The van der Waals surface area contributed by atoms with Gasteiger partial charge in [0.05, 0.1) is 18.4 Å². The minimum atomic E-state index is -4.56. The molecule has 1 fully saturated rings. The van der Waals surface area contributed by atoms with E-state index in [2.05, 4.69) is 24.7 Å². The number of alkyl halides is 3. The van der Waals surface area contributed by atoms with Crippen LogP contribution in [0.15, 0.2) is 42.6 Å². The maximum atomic E-state index is 13.8. The molecular weight excluding hydrogens is 594 g/mol. The molecule has 1 amide bonds. The molecule has 0 bridgehead atoms. The number of hydrogen-bond donors (Lipinski definition) is 0. The number of ether oxygens (including phenoxy) is 3. The summed E-state index contributed by atoms with van der Waals surface area (Å²) in [5, 5.41) is 4.61. The van der Waals surface area contributed by atoms with Crippen molar-refractivity contribution in [2.24, 2.45) is 0 Å². The second kappa shape index (κ2) is 13.1. The van der Waals surface area contributed by atoms with Crippen molar-refractivity contribution in [2.45, 2.75) is 89.6 Å². The summed E-state index contributed by atoms with van der Waals surface area (Å²) < 4.78 is 74.3. The third kappa shape index (κ3) is 8.74. The Hall–Kier alpha value is -3.12. The summed E-state index contributed by atoms with van der Waals surface area (Å²) in [6.07, 6.45) is -2.01. The minimum absolute atomic E-state index is 0.0709. The number of carbonyl (C=O) groups is 1. The van der Waals surface area contributed by atoms with Crippen molar-refractivity contribution in [3.63, 3.8) is 0 Å². The SMILES string of the molecule is CC(C)(C)OC(=O)N1CCC(CCOc2cc(C(F)(F)F)cc3cnn(COCC[Si](C)(C)C)c23)(c2ccc(F)cc2)CC1. The summed E-state index contributed by atoms with van der Waals surface area (Å²) in [7, 11) is -1.32. The number of likely N-dealkylation sites (tertiary alicyclic amines) is 1. The number of nitrogens with zero attached hydrogens (tertiary/aromatic N) is 3. The highest BCUT2D eigenvalue weighted by Gasteiger charge is 2.39. The summed E-state index contributed by atoms with van der Waals surface area (Å²) >= 11 is 0. The van der Waals surface area contributed by atoms with Gasteiger partial charge in [-0.25, -0.2) is 13.9 Å². The van der Waals surface area contributed by atoms with E-state index in [1.165, 1.54) is 23.0 Å². The second-order valence-electron chi connectivity index (χ2n) is 13.8. The maximum Gasteiger partial charge on any atom is 0.416 e. The molecule has 242 valence electrons. The molecule has 12 heteroatoms. The first kappa shape index (κ1) is 33.8. The van der Waals surface area contributed by atoms with E-state index < -0.39 is 36.9 Å². The third-order valence-electron chi connectivity index (χ3n) is 7.90. The number of halogens is 4. The van der Waals surface area contributed by atoms with Crippen LogP contribution < -0.4 is 4.74 Å². The molecule has 0 N–H and O–H groups in total. The van der Waals surface area contributed by atoms with E-state index >= 15 is 0 Å². The first-order valence-electron chi connectivity index (χ1n) is 15.0. The number of amides is 1. The van der Waals surface area contributed by atoms with Crippen molar-refractivity contribution in [3.8, 4) is 5.75 Å². The second-order valence-corrected chi connectivity index (χ2v) is 19.4. The topological polar surface area (TPSA) is 65.8 Å². The lowest BCUT2D eigenvalue weighted by Gasteiger charge is -2.42. The van der Waals surface area contributed by atoms with Crippen LogP contribution in [-0.4, -0.2) is 60.8 Å². The molecule has 4 rings (SSSR count). The van der Waals surface area contributed by atoms with E-state index in [0.29, 0.717) is 49.9 Å². The largest absolute Gasteiger partial charge is 0.491 e. The molecule has 0 atom stereocenters. The summed E-state index contributed by atoms with van der Waals surface area (Å²) in [5.41, 5.74) is -0.604. The van der Waals surface area contributed by atoms with Crippen LogP contribution >= 0.6 is 0 Å². The highest BCUT2D eigenvalue weighted by atomic mass is 28.3. The molecule has 1 aromatic heterocycles. The number of fused-ring (bicyclic) bond motifs is 1. The zero-order chi connectivity index (χ0) is 32.3. The summed E-state index contributed by atoms with van der Waals surface area (Å²) in [4.78, 5) is 14.4. The highest BCUT2D eigenvalue weighted by molar-refractivity contribution is 6.76. The van der Waals surface area contributed by atoms with Crippen molar-refractivity contribution in [1.29, 1.82) is 0 Å². The molecule has 3 aromatic rings. The highest BCUT2D eigenvalue weighted by Crippen LogP contribution is 2.41. The number of carbonyl (C=O) groups excluding carboxylic acids is 1. The number of benzene rings is 2. The van der Waals surface area contributed by atoms with Gasteiger partial charge in [0, 0.05) is 38.6 Å². The van der Waals surface area contributed by atoms with Crippen LogP contribution in [0, 0.1) is 5.82 Å². The van der Waals surface area contributed by atoms with Crippen LogP contribution in [0.5, 0.6) is 5.75 Å². The first-order valence-corrected chi connectivity index (χ1v) is 18.7. The van der Waals surface area contributed by atoms with Gasteiger partial charge < -0.3 is 19.1 Å². The smallest absolute Gasteiger partial charge is 0.416 e. The molecule has 0 radical (unpaired) electrons. The van der Waals surface area contributed by atoms with Crippen LogP contribution in [0.4, 0.5) is 22.4 Å². The van der Waals surface area contributed by atoms with Gasteiger partial charge in [0.25, 0.3) is 0 Å². The Labute approximate surface area is 257 Å². The number of rotatable bonds is 10. The zero-order valence-corrected chi connectivity index (χ0v) is 27.4. The molecule has 0 saturated carbocycles. The lowest BCUT2D eigenvalue weighted by atomic mass is 9.70. The Kier molecular flexibility index (Phi) is 10.0. The van der Waals surface area contributed by atoms with Crippen molar-refractivity contribution in [3.05, 3.63) is 59.5 Å². The van der Waals surface area contributed by atoms with Gasteiger partial charge in [0.2, 0.25) is 0 Å². The molecule has 0 unspecified atom stereocenters. The third-order valence-corrected chi connectivity index (χ3v) is 9.61. The Balaban J connectivity index is 1.55. The lowest BCUT2D eigenvalue weighted by molar-refractivity contribution is -0.137. The quantitative estimate of drug-likeness (QED) is 0.127. The van der Waals surface area contributed by atoms with Gasteiger partial charge in [-0.3, -0.25) is 0 Å². The van der Waals surface area contributed by atoms with Crippen LogP contribution in [0.2, 0.25) is 25.7 Å². The van der Waals surface area contributed by atoms with Crippen molar-refractivity contribution in [1.82, 2.24) is 14.7 Å². The molecule has 0 aliphatic carbocycles. The predicted molar refractivity (Wildman–Crippen MR) is 164 cm³/mol. The molecular formula is C32H43F4N3O4Si. The fourth-order valence-electron chi connectivity index (χ4n) is 5.38. The normalized spacial score (nSPS) is 15.9. The molecule has 44 heavy (non-hydrogen) atoms. The van der Waals surface area contributed by atoms with Gasteiger partial charge in [0.1, 0.15) is 29.4 Å². The van der Waals surface area contributed by atoms with Gasteiger partial charge >= 0.3 is 12.3 Å². The zero-order valence-electron chi connectivity index (χ0n) is 26.4. The Morgan fingerprint density at radius 3 is 2.27 bits per heavy atom. The van der Waals surface area contributed by atoms with Crippen molar-refractivity contribution >= 4 is 25.1 Å².